The van der Waals surface area contributed by atoms with E-state index in [2.05, 4.69) is 11.2 Å². The Morgan fingerprint density at radius 1 is 1.37 bits per heavy atom. The molecule has 0 aliphatic rings. The fraction of sp³-hybridized carbons (Fsp3) is 0.467. The second-order valence-corrected chi connectivity index (χ2v) is 4.45. The zero-order valence-corrected chi connectivity index (χ0v) is 12.0. The lowest BCUT2D eigenvalue weighted by molar-refractivity contribution is 0.199. The summed E-state index contributed by atoms with van der Waals surface area (Å²) in [6, 6.07) is 5.68. The van der Waals surface area contributed by atoms with Gasteiger partial charge in [-0.2, -0.15) is 0 Å². The second kappa shape index (κ2) is 9.69. The van der Waals surface area contributed by atoms with Crippen LogP contribution in [-0.4, -0.2) is 26.9 Å². The van der Waals surface area contributed by atoms with Crippen LogP contribution in [0, 0.1) is 12.3 Å². The largest absolute Gasteiger partial charge is 0.493 e. The lowest BCUT2D eigenvalue weighted by Gasteiger charge is -2.13. The van der Waals surface area contributed by atoms with Gasteiger partial charge in [-0.1, -0.05) is 17.7 Å². The van der Waals surface area contributed by atoms with E-state index < -0.39 is 0 Å². The number of ether oxygens (including phenoxy) is 2. The van der Waals surface area contributed by atoms with E-state index in [0.717, 1.165) is 30.7 Å². The Hall–Kier alpha value is -1.21. The molecule has 0 heterocycles. The molecule has 0 aliphatic carbocycles. The van der Waals surface area contributed by atoms with Gasteiger partial charge >= 0.3 is 0 Å². The maximum atomic E-state index is 6.20. The van der Waals surface area contributed by atoms with Gasteiger partial charge in [-0.25, -0.2) is 0 Å². The summed E-state index contributed by atoms with van der Waals surface area (Å²) in [7, 11) is 1.68. The minimum atomic E-state index is 0.607. The van der Waals surface area contributed by atoms with Crippen LogP contribution in [0.2, 0.25) is 5.02 Å². The first kappa shape index (κ1) is 15.8. The second-order valence-electron chi connectivity index (χ2n) is 4.04. The van der Waals surface area contributed by atoms with Gasteiger partial charge < -0.3 is 14.8 Å². The van der Waals surface area contributed by atoms with Gasteiger partial charge in [0.25, 0.3) is 0 Å². The summed E-state index contributed by atoms with van der Waals surface area (Å²) in [5.74, 6) is 3.41. The van der Waals surface area contributed by atoms with E-state index in [-0.39, 0.29) is 0 Å². The summed E-state index contributed by atoms with van der Waals surface area (Å²) in [6.45, 7) is 2.71. The highest BCUT2D eigenvalue weighted by molar-refractivity contribution is 6.31. The molecule has 1 aromatic rings. The third-order valence-corrected chi connectivity index (χ3v) is 2.94. The van der Waals surface area contributed by atoms with E-state index in [0.29, 0.717) is 24.8 Å². The Bertz CT molecular complexity index is 415. The molecule has 104 valence electrons. The zero-order chi connectivity index (χ0) is 13.9. The van der Waals surface area contributed by atoms with Crippen molar-refractivity contribution in [2.75, 3.05) is 26.9 Å². The van der Waals surface area contributed by atoms with Crippen LogP contribution in [0.15, 0.2) is 18.2 Å². The molecule has 0 amide bonds. The molecule has 0 aliphatic heterocycles. The van der Waals surface area contributed by atoms with Crippen molar-refractivity contribution < 1.29 is 9.47 Å². The van der Waals surface area contributed by atoms with Crippen LogP contribution in [0.25, 0.3) is 0 Å². The highest BCUT2D eigenvalue weighted by atomic mass is 35.5. The van der Waals surface area contributed by atoms with Gasteiger partial charge in [0.2, 0.25) is 0 Å². The molecular formula is C15H20ClNO2. The summed E-state index contributed by atoms with van der Waals surface area (Å²) < 4.78 is 10.7. The number of hydrogen-bond donors (Lipinski definition) is 1. The predicted octanol–water partition coefficient (Wildman–Crippen LogP) is 2.87. The molecule has 1 rings (SSSR count). The fourth-order valence-corrected chi connectivity index (χ4v) is 1.82. The Balaban J connectivity index is 2.54. The zero-order valence-electron chi connectivity index (χ0n) is 11.2. The molecule has 4 heteroatoms. The maximum Gasteiger partial charge on any atom is 0.125 e. The molecule has 0 unspecified atom stereocenters. The number of unbranched alkanes of at least 4 members (excludes halogenated alkanes) is 1. The third-order valence-electron chi connectivity index (χ3n) is 2.58. The molecule has 0 radical (unpaired) electrons. The monoisotopic (exact) mass is 281 g/mol. The van der Waals surface area contributed by atoms with E-state index in [1.54, 1.807) is 7.11 Å². The maximum absolute atomic E-state index is 6.20. The average Bonchev–Trinajstić information content (AvgIpc) is 2.42. The third kappa shape index (κ3) is 5.98. The molecule has 0 aromatic heterocycles. The van der Waals surface area contributed by atoms with Crippen molar-refractivity contribution in [2.45, 2.75) is 19.4 Å². The molecule has 0 saturated carbocycles. The van der Waals surface area contributed by atoms with Crippen molar-refractivity contribution in [2.24, 2.45) is 0 Å². The van der Waals surface area contributed by atoms with Crippen LogP contribution in [-0.2, 0) is 11.3 Å². The van der Waals surface area contributed by atoms with E-state index in [4.69, 9.17) is 27.5 Å². The van der Waals surface area contributed by atoms with Crippen molar-refractivity contribution in [1.82, 2.24) is 5.32 Å². The number of terminal acetylenes is 1. The number of methoxy groups -OCH3 is 1. The van der Waals surface area contributed by atoms with E-state index in [1.165, 1.54) is 0 Å². The van der Waals surface area contributed by atoms with Gasteiger partial charge in [-0.05, 0) is 18.6 Å². The standard InChI is InChI=1S/C15H20ClNO2/c1-3-4-5-10-19-15-8-6-7-14(16)13(15)12-17-9-11-18-2/h1,6-8,17H,4-5,9-12H2,2H3. The predicted molar refractivity (Wildman–Crippen MR) is 78.6 cm³/mol. The van der Waals surface area contributed by atoms with Crippen molar-refractivity contribution in [3.8, 4) is 18.1 Å². The quantitative estimate of drug-likeness (QED) is 0.558. The van der Waals surface area contributed by atoms with Gasteiger partial charge in [-0.15, -0.1) is 12.3 Å². The van der Waals surface area contributed by atoms with Crippen LogP contribution >= 0.6 is 11.6 Å². The number of halogens is 1. The fourth-order valence-electron chi connectivity index (χ4n) is 1.59. The molecule has 19 heavy (non-hydrogen) atoms. The summed E-state index contributed by atoms with van der Waals surface area (Å²) in [5, 5.41) is 3.97. The van der Waals surface area contributed by atoms with Crippen LogP contribution in [0.4, 0.5) is 0 Å². The summed E-state index contributed by atoms with van der Waals surface area (Å²) in [6.07, 6.45) is 6.78. The minimum Gasteiger partial charge on any atom is -0.493 e. The molecule has 0 fully saturated rings. The summed E-state index contributed by atoms with van der Waals surface area (Å²) in [4.78, 5) is 0. The lowest BCUT2D eigenvalue weighted by atomic mass is 10.2. The van der Waals surface area contributed by atoms with Crippen molar-refractivity contribution in [3.63, 3.8) is 0 Å². The summed E-state index contributed by atoms with van der Waals surface area (Å²) >= 11 is 6.20. The molecule has 0 saturated heterocycles. The number of nitrogens with one attached hydrogen (secondary N) is 1. The van der Waals surface area contributed by atoms with Crippen LogP contribution in [0.1, 0.15) is 18.4 Å². The van der Waals surface area contributed by atoms with Crippen LogP contribution < -0.4 is 10.1 Å². The van der Waals surface area contributed by atoms with E-state index >= 15 is 0 Å². The highest BCUT2D eigenvalue weighted by Crippen LogP contribution is 2.26. The van der Waals surface area contributed by atoms with Crippen molar-refractivity contribution >= 4 is 11.6 Å². The van der Waals surface area contributed by atoms with E-state index in [9.17, 15) is 0 Å². The first-order chi connectivity index (χ1) is 9.29. The Kier molecular flexibility index (Phi) is 8.08. The van der Waals surface area contributed by atoms with Crippen molar-refractivity contribution in [1.29, 1.82) is 0 Å². The Morgan fingerprint density at radius 2 is 2.21 bits per heavy atom. The molecule has 0 bridgehead atoms. The molecule has 1 N–H and O–H groups in total. The van der Waals surface area contributed by atoms with Crippen LogP contribution in [0.5, 0.6) is 5.75 Å². The molecule has 0 spiro atoms. The van der Waals surface area contributed by atoms with Crippen molar-refractivity contribution in [3.05, 3.63) is 28.8 Å². The van der Waals surface area contributed by atoms with Crippen LogP contribution in [0.3, 0.4) is 0 Å². The number of hydrogen-bond acceptors (Lipinski definition) is 3. The first-order valence-corrected chi connectivity index (χ1v) is 6.70. The number of benzene rings is 1. The minimum absolute atomic E-state index is 0.607. The van der Waals surface area contributed by atoms with E-state index in [1.807, 2.05) is 18.2 Å². The molecular weight excluding hydrogens is 262 g/mol. The number of rotatable bonds is 9. The highest BCUT2D eigenvalue weighted by Gasteiger charge is 2.07. The normalized spacial score (nSPS) is 10.2. The Labute approximate surface area is 120 Å². The SMILES string of the molecule is C#CCCCOc1cccc(Cl)c1CNCCOC. The molecule has 1 aromatic carbocycles. The average molecular weight is 282 g/mol. The Morgan fingerprint density at radius 3 is 2.95 bits per heavy atom. The van der Waals surface area contributed by atoms with Gasteiger partial charge in [-0.3, -0.25) is 0 Å². The first-order valence-electron chi connectivity index (χ1n) is 6.33. The molecule has 3 nitrogen and oxygen atoms in total. The molecule has 0 atom stereocenters. The topological polar surface area (TPSA) is 30.5 Å². The van der Waals surface area contributed by atoms with Gasteiger partial charge in [0.1, 0.15) is 5.75 Å². The van der Waals surface area contributed by atoms with Gasteiger partial charge in [0.05, 0.1) is 13.2 Å². The van der Waals surface area contributed by atoms with Gasteiger partial charge in [0.15, 0.2) is 0 Å². The smallest absolute Gasteiger partial charge is 0.125 e. The summed E-state index contributed by atoms with van der Waals surface area (Å²) in [5.41, 5.74) is 0.973. The lowest BCUT2D eigenvalue weighted by Crippen LogP contribution is -2.19. The van der Waals surface area contributed by atoms with Gasteiger partial charge in [0, 0.05) is 37.2 Å².